The Morgan fingerprint density at radius 3 is 3.13 bits per heavy atom. The van der Waals surface area contributed by atoms with Crippen LogP contribution in [-0.2, 0) is 4.74 Å². The summed E-state index contributed by atoms with van der Waals surface area (Å²) in [4.78, 5) is 4.59. The van der Waals surface area contributed by atoms with Crippen molar-refractivity contribution in [3.63, 3.8) is 0 Å². The van der Waals surface area contributed by atoms with Crippen molar-refractivity contribution in [1.29, 1.82) is 0 Å². The van der Waals surface area contributed by atoms with Crippen LogP contribution in [0.5, 0.6) is 0 Å². The molecule has 0 radical (unpaired) electrons. The Labute approximate surface area is 95.7 Å². The van der Waals surface area contributed by atoms with Crippen molar-refractivity contribution in [1.82, 2.24) is 4.98 Å². The quantitative estimate of drug-likeness (QED) is 0.785. The van der Waals surface area contributed by atoms with Crippen LogP contribution in [-0.4, -0.2) is 17.7 Å². The Balaban J connectivity index is 1.98. The number of rotatable bonds is 3. The van der Waals surface area contributed by atoms with E-state index in [9.17, 15) is 0 Å². The molecule has 0 amide bonds. The van der Waals surface area contributed by atoms with Gasteiger partial charge in [0, 0.05) is 17.9 Å². The summed E-state index contributed by atoms with van der Waals surface area (Å²) in [5, 5.41) is 3.40. The van der Waals surface area contributed by atoms with E-state index in [1.54, 1.807) is 11.3 Å². The molecular weight excluding hydrogens is 206 g/mol. The average Bonchev–Trinajstić information content (AvgIpc) is 2.66. The molecule has 2 heterocycles. The molecule has 84 valence electrons. The molecule has 15 heavy (non-hydrogen) atoms. The predicted octanol–water partition coefficient (Wildman–Crippen LogP) is 3.51. The van der Waals surface area contributed by atoms with E-state index in [-0.39, 0.29) is 0 Å². The molecular formula is C12H19NOS. The number of aromatic nitrogens is 1. The lowest BCUT2D eigenvalue weighted by atomic mass is 9.91. The molecule has 0 unspecified atom stereocenters. The second kappa shape index (κ2) is 5.08. The molecule has 2 atom stereocenters. The monoisotopic (exact) mass is 225 g/mol. The molecule has 0 bridgehead atoms. The van der Waals surface area contributed by atoms with E-state index in [0.717, 1.165) is 19.4 Å². The van der Waals surface area contributed by atoms with Gasteiger partial charge in [0.1, 0.15) is 0 Å². The van der Waals surface area contributed by atoms with Crippen molar-refractivity contribution in [2.75, 3.05) is 6.61 Å². The number of thiazole rings is 1. The predicted molar refractivity (Wildman–Crippen MR) is 63.5 cm³/mol. The van der Waals surface area contributed by atoms with E-state index < -0.39 is 0 Å². The Morgan fingerprint density at radius 2 is 2.47 bits per heavy atom. The average molecular weight is 225 g/mol. The maximum absolute atomic E-state index is 5.75. The second-order valence-corrected chi connectivity index (χ2v) is 5.36. The van der Waals surface area contributed by atoms with E-state index in [0.29, 0.717) is 12.0 Å². The van der Waals surface area contributed by atoms with Gasteiger partial charge < -0.3 is 4.74 Å². The summed E-state index contributed by atoms with van der Waals surface area (Å²) in [6.45, 7) is 5.21. The van der Waals surface area contributed by atoms with Crippen LogP contribution in [0.4, 0.5) is 0 Å². The molecule has 1 aromatic heterocycles. The molecule has 0 N–H and O–H groups in total. The molecule has 0 spiro atoms. The maximum Gasteiger partial charge on any atom is 0.0897 e. The number of hydrogen-bond acceptors (Lipinski definition) is 3. The van der Waals surface area contributed by atoms with Crippen LogP contribution in [0.2, 0.25) is 0 Å². The second-order valence-electron chi connectivity index (χ2n) is 4.29. The van der Waals surface area contributed by atoms with Crippen LogP contribution in [0.1, 0.15) is 49.2 Å². The number of aryl methyl sites for hydroxylation is 1. The van der Waals surface area contributed by atoms with Crippen molar-refractivity contribution >= 4 is 11.3 Å². The smallest absolute Gasteiger partial charge is 0.0897 e. The third kappa shape index (κ3) is 2.79. The summed E-state index contributed by atoms with van der Waals surface area (Å²) >= 11 is 1.76. The molecule has 0 saturated carbocycles. The molecule has 1 aliphatic heterocycles. The normalized spacial score (nSPS) is 26.8. The summed E-state index contributed by atoms with van der Waals surface area (Å²) in [5.41, 5.74) is 1.29. The molecule has 1 aromatic rings. The third-order valence-corrected chi connectivity index (χ3v) is 3.82. The topological polar surface area (TPSA) is 22.1 Å². The van der Waals surface area contributed by atoms with Gasteiger partial charge in [-0.15, -0.1) is 11.3 Å². The summed E-state index contributed by atoms with van der Waals surface area (Å²) in [7, 11) is 0. The van der Waals surface area contributed by atoms with Crippen molar-refractivity contribution in [2.24, 2.45) is 0 Å². The first-order valence-corrected chi connectivity index (χ1v) is 6.71. The highest BCUT2D eigenvalue weighted by Crippen LogP contribution is 2.31. The Morgan fingerprint density at radius 1 is 1.60 bits per heavy atom. The van der Waals surface area contributed by atoms with E-state index >= 15 is 0 Å². The van der Waals surface area contributed by atoms with Gasteiger partial charge in [-0.1, -0.05) is 13.3 Å². The number of hydrogen-bond donors (Lipinski definition) is 0. The molecule has 1 saturated heterocycles. The minimum atomic E-state index is 0.468. The highest BCUT2D eigenvalue weighted by Gasteiger charge is 2.24. The molecule has 1 fully saturated rings. The molecule has 2 nitrogen and oxygen atoms in total. The molecule has 2 rings (SSSR count). The van der Waals surface area contributed by atoms with Crippen LogP contribution in [0.3, 0.4) is 0 Å². The lowest BCUT2D eigenvalue weighted by molar-refractivity contribution is 0.00110. The zero-order chi connectivity index (χ0) is 10.7. The third-order valence-electron chi connectivity index (χ3n) is 3.03. The Hall–Kier alpha value is -0.410. The van der Waals surface area contributed by atoms with E-state index in [4.69, 9.17) is 4.74 Å². The van der Waals surface area contributed by atoms with Gasteiger partial charge in [0.15, 0.2) is 0 Å². The fraction of sp³-hybridized carbons (Fsp3) is 0.750. The van der Waals surface area contributed by atoms with Gasteiger partial charge in [-0.3, -0.25) is 0 Å². The van der Waals surface area contributed by atoms with E-state index in [1.807, 2.05) is 0 Å². The minimum absolute atomic E-state index is 0.468. The zero-order valence-electron chi connectivity index (χ0n) is 9.53. The Kier molecular flexibility index (Phi) is 3.76. The van der Waals surface area contributed by atoms with E-state index in [1.165, 1.54) is 23.5 Å². The van der Waals surface area contributed by atoms with Gasteiger partial charge >= 0.3 is 0 Å². The first kappa shape index (κ1) is 11.1. The fourth-order valence-corrected chi connectivity index (χ4v) is 2.93. The highest BCUT2D eigenvalue weighted by atomic mass is 32.1. The van der Waals surface area contributed by atoms with Gasteiger partial charge in [-0.2, -0.15) is 0 Å². The fourth-order valence-electron chi connectivity index (χ4n) is 2.24. The summed E-state index contributed by atoms with van der Waals surface area (Å²) in [6, 6.07) is 0. The summed E-state index contributed by atoms with van der Waals surface area (Å²) < 4.78 is 5.75. The van der Waals surface area contributed by atoms with Crippen molar-refractivity contribution in [3.05, 3.63) is 16.1 Å². The van der Waals surface area contributed by atoms with Gasteiger partial charge in [-0.05, 0) is 26.2 Å². The van der Waals surface area contributed by atoms with Gasteiger partial charge in [0.2, 0.25) is 0 Å². The molecule has 3 heteroatoms. The Bertz CT molecular complexity index is 308. The van der Waals surface area contributed by atoms with Gasteiger partial charge in [0.25, 0.3) is 0 Å². The van der Waals surface area contributed by atoms with Crippen molar-refractivity contribution in [2.45, 2.75) is 51.6 Å². The highest BCUT2D eigenvalue weighted by molar-refractivity contribution is 7.09. The van der Waals surface area contributed by atoms with Crippen LogP contribution in [0.25, 0.3) is 0 Å². The van der Waals surface area contributed by atoms with Crippen LogP contribution < -0.4 is 0 Å². The van der Waals surface area contributed by atoms with Crippen molar-refractivity contribution < 1.29 is 4.74 Å². The van der Waals surface area contributed by atoms with Gasteiger partial charge in [-0.25, -0.2) is 4.98 Å². The van der Waals surface area contributed by atoms with Crippen LogP contribution in [0, 0.1) is 6.92 Å². The SMILES string of the molecule is CCC[C@H]1C[C@@H](c2csc(C)n2)CCO1. The van der Waals surface area contributed by atoms with Gasteiger partial charge in [0.05, 0.1) is 16.8 Å². The molecule has 0 aromatic carbocycles. The largest absolute Gasteiger partial charge is 0.378 e. The van der Waals surface area contributed by atoms with Crippen molar-refractivity contribution in [3.8, 4) is 0 Å². The lowest BCUT2D eigenvalue weighted by Crippen LogP contribution is -2.24. The minimum Gasteiger partial charge on any atom is -0.378 e. The maximum atomic E-state index is 5.75. The van der Waals surface area contributed by atoms with E-state index in [2.05, 4.69) is 24.2 Å². The van der Waals surface area contributed by atoms with Crippen LogP contribution >= 0.6 is 11.3 Å². The molecule has 0 aliphatic carbocycles. The van der Waals surface area contributed by atoms with Crippen LogP contribution in [0.15, 0.2) is 5.38 Å². The first-order chi connectivity index (χ1) is 7.29. The molecule has 1 aliphatic rings. The zero-order valence-corrected chi connectivity index (χ0v) is 10.3. The lowest BCUT2D eigenvalue weighted by Gasteiger charge is -2.28. The first-order valence-electron chi connectivity index (χ1n) is 5.83. The number of nitrogens with zero attached hydrogens (tertiary/aromatic N) is 1. The summed E-state index contributed by atoms with van der Waals surface area (Å²) in [5.74, 6) is 0.639. The standard InChI is InChI=1S/C12H19NOS/c1-3-4-11-7-10(5-6-14-11)12-8-15-9(2)13-12/h8,10-11H,3-7H2,1-2H3/t10-,11-/m0/s1. The summed E-state index contributed by atoms with van der Waals surface area (Å²) in [6.07, 6.45) is 5.18. The number of ether oxygens (including phenoxy) is 1.